The number of aliphatic imine (C=N–C) groups is 1. The van der Waals surface area contributed by atoms with Crippen molar-refractivity contribution in [2.45, 2.75) is 51.0 Å². The van der Waals surface area contributed by atoms with E-state index >= 15 is 0 Å². The molecular formula is C25H41N5O. The Morgan fingerprint density at radius 3 is 2.58 bits per heavy atom. The van der Waals surface area contributed by atoms with Crippen LogP contribution in [-0.4, -0.2) is 75.4 Å². The highest BCUT2D eigenvalue weighted by molar-refractivity contribution is 5.79. The molecule has 3 fully saturated rings. The molecule has 1 saturated carbocycles. The summed E-state index contributed by atoms with van der Waals surface area (Å²) in [6.45, 7) is 11.0. The summed E-state index contributed by atoms with van der Waals surface area (Å²) in [7, 11) is 0. The SMILES string of the molecule is CCNC(=NCC1(N2CCOCC2)CCCCC1)NCC1CCN(c2ccccc2)C1. The lowest BCUT2D eigenvalue weighted by atomic mass is 9.80. The second-order valence-corrected chi connectivity index (χ2v) is 9.40. The third-order valence-electron chi connectivity index (χ3n) is 7.31. The van der Waals surface area contributed by atoms with Crippen molar-refractivity contribution in [2.24, 2.45) is 10.9 Å². The summed E-state index contributed by atoms with van der Waals surface area (Å²) in [5, 5.41) is 7.15. The first-order valence-corrected chi connectivity index (χ1v) is 12.4. The fourth-order valence-corrected chi connectivity index (χ4v) is 5.50. The van der Waals surface area contributed by atoms with Crippen molar-refractivity contribution in [2.75, 3.05) is 63.9 Å². The van der Waals surface area contributed by atoms with E-state index in [0.717, 1.165) is 65.0 Å². The maximum absolute atomic E-state index is 5.63. The van der Waals surface area contributed by atoms with Gasteiger partial charge in [0.2, 0.25) is 0 Å². The number of hydrogen-bond acceptors (Lipinski definition) is 4. The van der Waals surface area contributed by atoms with Gasteiger partial charge in [-0.3, -0.25) is 9.89 Å². The monoisotopic (exact) mass is 427 g/mol. The summed E-state index contributed by atoms with van der Waals surface area (Å²) in [5.41, 5.74) is 1.57. The minimum atomic E-state index is 0.224. The van der Waals surface area contributed by atoms with Gasteiger partial charge in [-0.2, -0.15) is 0 Å². The van der Waals surface area contributed by atoms with Gasteiger partial charge >= 0.3 is 0 Å². The van der Waals surface area contributed by atoms with Gasteiger partial charge in [-0.1, -0.05) is 37.5 Å². The van der Waals surface area contributed by atoms with Gasteiger partial charge in [0.25, 0.3) is 0 Å². The predicted molar refractivity (Wildman–Crippen MR) is 129 cm³/mol. The molecule has 1 aliphatic carbocycles. The molecule has 2 heterocycles. The lowest BCUT2D eigenvalue weighted by molar-refractivity contribution is -0.0333. The summed E-state index contributed by atoms with van der Waals surface area (Å²) in [6, 6.07) is 10.8. The topological polar surface area (TPSA) is 52.1 Å². The van der Waals surface area contributed by atoms with Crippen LogP contribution in [0.4, 0.5) is 5.69 Å². The highest BCUT2D eigenvalue weighted by Gasteiger charge is 2.38. The Hall–Kier alpha value is -1.79. The fraction of sp³-hybridized carbons (Fsp3) is 0.720. The van der Waals surface area contributed by atoms with Gasteiger partial charge in [-0.25, -0.2) is 0 Å². The Labute approximate surface area is 188 Å². The number of ether oxygens (including phenoxy) is 1. The Kier molecular flexibility index (Phi) is 8.09. The average molecular weight is 428 g/mol. The molecule has 1 aromatic rings. The smallest absolute Gasteiger partial charge is 0.191 e. The van der Waals surface area contributed by atoms with E-state index in [1.807, 2.05) is 0 Å². The molecule has 0 bridgehead atoms. The number of rotatable bonds is 7. The largest absolute Gasteiger partial charge is 0.379 e. The zero-order chi connectivity index (χ0) is 21.4. The molecule has 0 spiro atoms. The molecule has 0 amide bonds. The highest BCUT2D eigenvalue weighted by atomic mass is 16.5. The van der Waals surface area contributed by atoms with Gasteiger partial charge < -0.3 is 20.3 Å². The molecule has 2 N–H and O–H groups in total. The first-order chi connectivity index (χ1) is 15.3. The summed E-state index contributed by atoms with van der Waals surface area (Å²) in [4.78, 5) is 10.3. The normalized spacial score (nSPS) is 24.9. The van der Waals surface area contributed by atoms with Crippen LogP contribution in [0.1, 0.15) is 45.4 Å². The van der Waals surface area contributed by atoms with Crippen LogP contribution in [-0.2, 0) is 4.74 Å². The van der Waals surface area contributed by atoms with Crippen LogP contribution < -0.4 is 15.5 Å². The lowest BCUT2D eigenvalue weighted by Crippen LogP contribution is -2.56. The van der Waals surface area contributed by atoms with Crippen LogP contribution >= 0.6 is 0 Å². The summed E-state index contributed by atoms with van der Waals surface area (Å²) >= 11 is 0. The molecule has 6 nitrogen and oxygen atoms in total. The number of nitrogens with zero attached hydrogens (tertiary/aromatic N) is 3. The molecule has 172 valence electrons. The first-order valence-electron chi connectivity index (χ1n) is 12.4. The minimum Gasteiger partial charge on any atom is -0.379 e. The number of morpholine rings is 1. The first kappa shape index (κ1) is 22.4. The van der Waals surface area contributed by atoms with E-state index in [9.17, 15) is 0 Å². The van der Waals surface area contributed by atoms with Crippen molar-refractivity contribution < 1.29 is 4.74 Å². The maximum Gasteiger partial charge on any atom is 0.191 e. The van der Waals surface area contributed by atoms with Crippen molar-refractivity contribution >= 4 is 11.6 Å². The molecule has 31 heavy (non-hydrogen) atoms. The molecule has 3 aliphatic rings. The Bertz CT molecular complexity index is 682. The summed E-state index contributed by atoms with van der Waals surface area (Å²) in [6.07, 6.45) is 7.80. The Morgan fingerprint density at radius 1 is 1.06 bits per heavy atom. The summed E-state index contributed by atoms with van der Waals surface area (Å²) < 4.78 is 5.63. The second-order valence-electron chi connectivity index (χ2n) is 9.40. The molecule has 4 rings (SSSR count). The van der Waals surface area contributed by atoms with E-state index in [2.05, 4.69) is 57.7 Å². The minimum absolute atomic E-state index is 0.224. The zero-order valence-electron chi connectivity index (χ0n) is 19.3. The van der Waals surface area contributed by atoms with Crippen molar-refractivity contribution in [3.8, 4) is 0 Å². The molecule has 2 saturated heterocycles. The molecule has 1 atom stereocenters. The lowest BCUT2D eigenvalue weighted by Gasteiger charge is -2.47. The Balaban J connectivity index is 1.34. The number of guanidine groups is 1. The number of anilines is 1. The van der Waals surface area contributed by atoms with Crippen molar-refractivity contribution in [1.82, 2.24) is 15.5 Å². The standard InChI is InChI=1S/C25H41N5O/c1-2-26-24(27-19-22-11-14-29(20-22)23-9-5-3-6-10-23)28-21-25(12-7-4-8-13-25)30-15-17-31-18-16-30/h3,5-6,9-10,22H,2,4,7-8,11-21H2,1H3,(H2,26,27,28). The van der Waals surface area contributed by atoms with Crippen LogP contribution in [0.15, 0.2) is 35.3 Å². The Morgan fingerprint density at radius 2 is 1.84 bits per heavy atom. The van der Waals surface area contributed by atoms with Gasteiger partial charge in [0, 0.05) is 50.5 Å². The second kappa shape index (κ2) is 11.2. The third kappa shape index (κ3) is 5.92. The number of para-hydroxylation sites is 1. The molecule has 1 aromatic carbocycles. The molecule has 2 aliphatic heterocycles. The van der Waals surface area contributed by atoms with Crippen molar-refractivity contribution in [3.63, 3.8) is 0 Å². The summed E-state index contributed by atoms with van der Waals surface area (Å²) in [5.74, 6) is 1.64. The molecule has 0 radical (unpaired) electrons. The van der Waals surface area contributed by atoms with E-state index in [1.54, 1.807) is 0 Å². The van der Waals surface area contributed by atoms with Crippen LogP contribution in [0.5, 0.6) is 0 Å². The van der Waals surface area contributed by atoms with E-state index in [-0.39, 0.29) is 5.54 Å². The third-order valence-corrected chi connectivity index (χ3v) is 7.31. The van der Waals surface area contributed by atoms with E-state index in [0.29, 0.717) is 5.92 Å². The van der Waals surface area contributed by atoms with E-state index < -0.39 is 0 Å². The van der Waals surface area contributed by atoms with Gasteiger partial charge in [-0.05, 0) is 44.2 Å². The van der Waals surface area contributed by atoms with Crippen LogP contribution in [0.2, 0.25) is 0 Å². The van der Waals surface area contributed by atoms with Crippen LogP contribution in [0.25, 0.3) is 0 Å². The van der Waals surface area contributed by atoms with E-state index in [4.69, 9.17) is 9.73 Å². The van der Waals surface area contributed by atoms with Gasteiger partial charge in [0.1, 0.15) is 0 Å². The van der Waals surface area contributed by atoms with E-state index in [1.165, 1.54) is 44.2 Å². The van der Waals surface area contributed by atoms with Gasteiger partial charge in [0.15, 0.2) is 5.96 Å². The number of hydrogen-bond donors (Lipinski definition) is 2. The average Bonchev–Trinajstić information content (AvgIpc) is 3.32. The highest BCUT2D eigenvalue weighted by Crippen LogP contribution is 2.34. The van der Waals surface area contributed by atoms with Gasteiger partial charge in [0.05, 0.1) is 19.8 Å². The van der Waals surface area contributed by atoms with Crippen LogP contribution in [0.3, 0.4) is 0 Å². The van der Waals surface area contributed by atoms with Crippen LogP contribution in [0, 0.1) is 5.92 Å². The zero-order valence-corrected chi connectivity index (χ0v) is 19.3. The fourth-order valence-electron chi connectivity index (χ4n) is 5.50. The number of nitrogens with one attached hydrogen (secondary N) is 2. The quantitative estimate of drug-likeness (QED) is 0.517. The van der Waals surface area contributed by atoms with Crippen molar-refractivity contribution in [1.29, 1.82) is 0 Å². The molecule has 6 heteroatoms. The predicted octanol–water partition coefficient (Wildman–Crippen LogP) is 3.10. The molecule has 0 aromatic heterocycles. The maximum atomic E-state index is 5.63. The van der Waals surface area contributed by atoms with Crippen molar-refractivity contribution in [3.05, 3.63) is 30.3 Å². The molecular weight excluding hydrogens is 386 g/mol. The van der Waals surface area contributed by atoms with Gasteiger partial charge in [-0.15, -0.1) is 0 Å². The number of benzene rings is 1. The molecule has 1 unspecified atom stereocenters.